The number of likely N-dealkylation sites (tertiary alicyclic amines) is 1. The molecule has 1 amide bonds. The summed E-state index contributed by atoms with van der Waals surface area (Å²) in [5, 5.41) is 0. The lowest BCUT2D eigenvalue weighted by atomic mass is 9.88. The van der Waals surface area contributed by atoms with Gasteiger partial charge in [-0.1, -0.05) is 6.92 Å². The maximum atomic E-state index is 13.4. The third-order valence-corrected chi connectivity index (χ3v) is 7.06. The number of nitrogens with zero attached hydrogens (tertiary/aromatic N) is 3. The van der Waals surface area contributed by atoms with Crippen molar-refractivity contribution in [2.24, 2.45) is 10.3 Å². The molecule has 3 rings (SSSR count). The second-order valence-electron chi connectivity index (χ2n) is 8.01. The van der Waals surface area contributed by atoms with Gasteiger partial charge in [0.05, 0.1) is 19.9 Å². The molecule has 8 nitrogen and oxygen atoms in total. The number of amides is 1. The van der Waals surface area contributed by atoms with Gasteiger partial charge in [0.1, 0.15) is 5.70 Å². The van der Waals surface area contributed by atoms with Gasteiger partial charge in [0.25, 0.3) is 5.91 Å². The Labute approximate surface area is 178 Å². The van der Waals surface area contributed by atoms with Crippen molar-refractivity contribution >= 4 is 21.8 Å². The molecule has 2 aliphatic rings. The zero-order valence-electron chi connectivity index (χ0n) is 18.2. The Bertz CT molecular complexity index is 990. The molecule has 0 spiro atoms. The van der Waals surface area contributed by atoms with Gasteiger partial charge in [0.15, 0.2) is 11.5 Å². The van der Waals surface area contributed by atoms with Gasteiger partial charge in [-0.3, -0.25) is 4.79 Å². The largest absolute Gasteiger partial charge is 0.493 e. The lowest BCUT2D eigenvalue weighted by Gasteiger charge is -2.43. The predicted molar refractivity (Wildman–Crippen MR) is 115 cm³/mol. The van der Waals surface area contributed by atoms with Gasteiger partial charge < -0.3 is 14.4 Å². The number of carbonyl (C=O) groups is 1. The van der Waals surface area contributed by atoms with Crippen LogP contribution in [0.4, 0.5) is 0 Å². The highest BCUT2D eigenvalue weighted by molar-refractivity contribution is 7.88. The summed E-state index contributed by atoms with van der Waals surface area (Å²) < 4.78 is 40.9. The Hall–Kier alpha value is -2.55. The van der Waals surface area contributed by atoms with E-state index in [0.717, 1.165) is 17.1 Å². The molecule has 0 aliphatic carbocycles. The predicted octanol–water partition coefficient (Wildman–Crippen LogP) is 2.60. The van der Waals surface area contributed by atoms with Crippen LogP contribution in [0.3, 0.4) is 0 Å². The minimum Gasteiger partial charge on any atom is -0.493 e. The van der Waals surface area contributed by atoms with Crippen molar-refractivity contribution in [1.29, 1.82) is 0 Å². The van der Waals surface area contributed by atoms with Crippen molar-refractivity contribution in [1.82, 2.24) is 9.21 Å². The summed E-state index contributed by atoms with van der Waals surface area (Å²) >= 11 is 0. The average Bonchev–Trinajstić information content (AvgIpc) is 2.68. The lowest BCUT2D eigenvalue weighted by molar-refractivity contribution is -0.134. The van der Waals surface area contributed by atoms with Crippen LogP contribution < -0.4 is 9.47 Å². The zero-order chi connectivity index (χ0) is 22.2. The fourth-order valence-electron chi connectivity index (χ4n) is 4.34. The Morgan fingerprint density at radius 1 is 1.07 bits per heavy atom. The van der Waals surface area contributed by atoms with E-state index >= 15 is 0 Å². The molecular weight excluding hydrogens is 406 g/mol. The normalized spacial score (nSPS) is 26.0. The van der Waals surface area contributed by atoms with Crippen molar-refractivity contribution in [3.05, 3.63) is 35.5 Å². The lowest BCUT2D eigenvalue weighted by Crippen LogP contribution is -2.52. The minimum atomic E-state index is -4.04. The smallest absolute Gasteiger partial charge is 0.345 e. The maximum Gasteiger partial charge on any atom is 0.345 e. The van der Waals surface area contributed by atoms with Gasteiger partial charge in [-0.05, 0) is 56.9 Å². The van der Waals surface area contributed by atoms with E-state index in [4.69, 9.17) is 9.47 Å². The molecule has 30 heavy (non-hydrogen) atoms. The zero-order valence-corrected chi connectivity index (χ0v) is 19.1. The van der Waals surface area contributed by atoms with Gasteiger partial charge in [-0.25, -0.2) is 4.31 Å². The first kappa shape index (κ1) is 22.1. The third kappa shape index (κ3) is 4.03. The molecule has 9 heteroatoms. The van der Waals surface area contributed by atoms with Crippen LogP contribution in [0, 0.1) is 5.92 Å². The highest BCUT2D eigenvalue weighted by Crippen LogP contribution is 2.32. The molecule has 1 aromatic rings. The maximum absolute atomic E-state index is 13.4. The monoisotopic (exact) mass is 435 g/mol. The highest BCUT2D eigenvalue weighted by Gasteiger charge is 2.38. The van der Waals surface area contributed by atoms with Crippen molar-refractivity contribution < 1.29 is 22.7 Å². The number of methoxy groups -OCH3 is 2. The third-order valence-electron chi connectivity index (χ3n) is 5.74. The van der Waals surface area contributed by atoms with E-state index < -0.39 is 10.2 Å². The van der Waals surface area contributed by atoms with Crippen LogP contribution in [0.2, 0.25) is 0 Å². The molecule has 2 unspecified atom stereocenters. The van der Waals surface area contributed by atoms with Crippen LogP contribution in [0.1, 0.15) is 39.2 Å². The van der Waals surface area contributed by atoms with E-state index in [1.54, 1.807) is 23.1 Å². The molecular formula is C21H29N3O5S. The van der Waals surface area contributed by atoms with E-state index in [-0.39, 0.29) is 29.4 Å². The molecule has 2 heterocycles. The van der Waals surface area contributed by atoms with Crippen LogP contribution in [-0.4, -0.2) is 62.6 Å². The van der Waals surface area contributed by atoms with Crippen LogP contribution in [0.15, 0.2) is 34.4 Å². The summed E-state index contributed by atoms with van der Waals surface area (Å²) in [6, 6.07) is 5.05. The Morgan fingerprint density at radius 2 is 1.67 bits per heavy atom. The van der Waals surface area contributed by atoms with Gasteiger partial charge in [0.2, 0.25) is 0 Å². The summed E-state index contributed by atoms with van der Waals surface area (Å²) in [5.41, 5.74) is 0.786. The number of hydrogen-bond acceptors (Lipinski definition) is 5. The molecule has 0 N–H and O–H groups in total. The highest BCUT2D eigenvalue weighted by atomic mass is 32.2. The summed E-state index contributed by atoms with van der Waals surface area (Å²) in [4.78, 5) is 15.2. The fraction of sp³-hybridized carbons (Fsp3) is 0.524. The second kappa shape index (κ2) is 8.29. The number of benzene rings is 1. The Morgan fingerprint density at radius 3 is 2.23 bits per heavy atom. The Kier molecular flexibility index (Phi) is 6.12. The number of rotatable bonds is 4. The first-order valence-corrected chi connectivity index (χ1v) is 11.3. The van der Waals surface area contributed by atoms with Crippen molar-refractivity contribution in [2.75, 3.05) is 21.3 Å². The van der Waals surface area contributed by atoms with Crippen LogP contribution in [0.5, 0.6) is 11.5 Å². The van der Waals surface area contributed by atoms with E-state index in [2.05, 4.69) is 11.3 Å². The van der Waals surface area contributed by atoms with Crippen LogP contribution in [-0.2, 0) is 15.0 Å². The summed E-state index contributed by atoms with van der Waals surface area (Å²) in [5.74, 6) is 1.18. The first-order valence-electron chi connectivity index (χ1n) is 9.94. The first-order chi connectivity index (χ1) is 14.1. The van der Waals surface area contributed by atoms with Crippen molar-refractivity contribution in [3.63, 3.8) is 0 Å². The average molecular weight is 436 g/mol. The molecule has 1 fully saturated rings. The summed E-state index contributed by atoms with van der Waals surface area (Å²) in [6.07, 6.45) is 3.30. The van der Waals surface area contributed by atoms with Gasteiger partial charge in [-0.15, -0.1) is 4.40 Å². The summed E-state index contributed by atoms with van der Waals surface area (Å²) in [6.45, 7) is 6.18. The fourth-order valence-corrected chi connectivity index (χ4v) is 5.25. The molecule has 1 aromatic carbocycles. The van der Waals surface area contributed by atoms with Crippen LogP contribution >= 0.6 is 0 Å². The van der Waals surface area contributed by atoms with Crippen molar-refractivity contribution in [3.8, 4) is 11.5 Å². The van der Waals surface area contributed by atoms with Crippen LogP contribution in [0.25, 0.3) is 0 Å². The van der Waals surface area contributed by atoms with E-state index in [1.807, 2.05) is 13.8 Å². The van der Waals surface area contributed by atoms with E-state index in [1.165, 1.54) is 27.3 Å². The number of ether oxygens (including phenoxy) is 2. The topological polar surface area (TPSA) is 88.5 Å². The quantitative estimate of drug-likeness (QED) is 0.725. The van der Waals surface area contributed by atoms with E-state index in [0.29, 0.717) is 23.0 Å². The standard InChI is InChI=1S/C21H29N3O5S/c1-13-9-14(2)24(15(3)10-13)21(25)18-12-17(22-30(26,27)23(18)4)16-7-8-19(28-5)20(11-16)29-6/h7-8,11-15H,9-10H2,1-6H3. The molecule has 0 aromatic heterocycles. The minimum absolute atomic E-state index is 0.0247. The molecule has 2 atom stereocenters. The molecule has 0 saturated carbocycles. The number of hydrogen-bond donors (Lipinski definition) is 0. The molecule has 0 bridgehead atoms. The number of likely N-dealkylation sites (N-methyl/N-ethyl adjacent to an activating group) is 1. The number of piperidine rings is 1. The Balaban J connectivity index is 2.04. The molecule has 1 saturated heterocycles. The second-order valence-corrected chi connectivity index (χ2v) is 9.63. The molecule has 0 radical (unpaired) electrons. The molecule has 164 valence electrons. The van der Waals surface area contributed by atoms with Crippen molar-refractivity contribution in [2.45, 2.75) is 45.7 Å². The van der Waals surface area contributed by atoms with Gasteiger partial charge >= 0.3 is 10.2 Å². The van der Waals surface area contributed by atoms with E-state index in [9.17, 15) is 13.2 Å². The molecule has 2 aliphatic heterocycles. The number of carbonyl (C=O) groups excluding carboxylic acids is 1. The van der Waals surface area contributed by atoms with Gasteiger partial charge in [0, 0.05) is 24.7 Å². The SMILES string of the molecule is COc1ccc(C2=NS(=O)(=O)N(C)C(C(=O)N3C(C)CC(C)CC3C)=C2)cc1OC. The summed E-state index contributed by atoms with van der Waals surface area (Å²) in [7, 11) is 0.339. The number of allylic oxidation sites excluding steroid dienone is 1. The van der Waals surface area contributed by atoms with Gasteiger partial charge in [-0.2, -0.15) is 8.42 Å².